The molecule has 0 amide bonds. The Hall–Kier alpha value is -2.59. The number of hydrogen-bond donors (Lipinski definition) is 1. The van der Waals surface area contributed by atoms with Crippen molar-refractivity contribution >= 4 is 44.2 Å². The summed E-state index contributed by atoms with van der Waals surface area (Å²) in [7, 11) is -2.25. The lowest BCUT2D eigenvalue weighted by molar-refractivity contribution is -0.143. The second-order valence-corrected chi connectivity index (χ2v) is 10.5. The summed E-state index contributed by atoms with van der Waals surface area (Å²) in [4.78, 5) is 20.4. The van der Waals surface area contributed by atoms with E-state index in [1.54, 1.807) is 36.9 Å². The van der Waals surface area contributed by atoms with Crippen LogP contribution in [0.25, 0.3) is 0 Å². The molecule has 2 unspecified atom stereocenters. The van der Waals surface area contributed by atoms with Crippen LogP contribution in [0.4, 0.5) is 11.4 Å². The number of benzene rings is 1. The van der Waals surface area contributed by atoms with Gasteiger partial charge in [-0.3, -0.25) is 14.1 Å². The largest absolute Gasteiger partial charge is 0.466 e. The molecule has 0 saturated carbocycles. The number of para-hydroxylation sites is 1. The van der Waals surface area contributed by atoms with Crippen LogP contribution in [0.2, 0.25) is 0 Å². The molecule has 0 fully saturated rings. The Morgan fingerprint density at radius 2 is 2.13 bits per heavy atom. The van der Waals surface area contributed by atoms with E-state index in [1.807, 2.05) is 12.1 Å². The zero-order valence-electron chi connectivity index (χ0n) is 17.3. The molecule has 2 aliphatic heterocycles. The van der Waals surface area contributed by atoms with Gasteiger partial charge in [0.2, 0.25) is 0 Å². The number of sulfonamides is 1. The standard InChI is InChI=1S/C21H24N4O4S2/c1-3-29-19(26)12-15-13-23-21(30-15)16-11-14-7-6-8-17(20(14)24-16)25(2)31(27,28)18-9-4-5-10-22-18/h4-10,15-16,24H,3,11-13H2,1-2H3. The normalized spacial score (nSPS) is 20.0. The summed E-state index contributed by atoms with van der Waals surface area (Å²) < 4.78 is 32.4. The van der Waals surface area contributed by atoms with E-state index in [9.17, 15) is 13.2 Å². The maximum absolute atomic E-state index is 13.0. The van der Waals surface area contributed by atoms with Crippen LogP contribution in [0.15, 0.2) is 52.6 Å². The summed E-state index contributed by atoms with van der Waals surface area (Å²) in [6, 6.07) is 10.4. The topological polar surface area (TPSA) is 101 Å². The van der Waals surface area contributed by atoms with Crippen molar-refractivity contribution in [3.8, 4) is 0 Å². The molecule has 3 heterocycles. The first-order chi connectivity index (χ1) is 14.9. The van der Waals surface area contributed by atoms with Gasteiger partial charge in [0, 0.05) is 24.9 Å². The Morgan fingerprint density at radius 3 is 2.87 bits per heavy atom. The number of esters is 1. The van der Waals surface area contributed by atoms with Crippen LogP contribution in [0.1, 0.15) is 18.9 Å². The number of aromatic nitrogens is 1. The summed E-state index contributed by atoms with van der Waals surface area (Å²) in [6.45, 7) is 2.75. The first-order valence-corrected chi connectivity index (χ1v) is 12.4. The lowest BCUT2D eigenvalue weighted by Gasteiger charge is -2.22. The second kappa shape index (κ2) is 8.88. The Balaban J connectivity index is 1.50. The number of pyridine rings is 1. The highest BCUT2D eigenvalue weighted by Crippen LogP contribution is 2.39. The minimum atomic E-state index is -3.78. The second-order valence-electron chi connectivity index (χ2n) is 7.28. The molecule has 2 aliphatic rings. The van der Waals surface area contributed by atoms with Crippen molar-refractivity contribution in [1.29, 1.82) is 0 Å². The van der Waals surface area contributed by atoms with Crippen molar-refractivity contribution in [3.05, 3.63) is 48.2 Å². The number of carbonyl (C=O) groups is 1. The van der Waals surface area contributed by atoms with Gasteiger partial charge in [-0.2, -0.15) is 8.42 Å². The number of fused-ring (bicyclic) bond motifs is 1. The van der Waals surface area contributed by atoms with Crippen molar-refractivity contribution in [2.45, 2.75) is 36.1 Å². The van der Waals surface area contributed by atoms with Crippen LogP contribution >= 0.6 is 11.8 Å². The van der Waals surface area contributed by atoms with E-state index in [-0.39, 0.29) is 22.3 Å². The van der Waals surface area contributed by atoms with Gasteiger partial charge in [0.05, 0.1) is 42.0 Å². The average Bonchev–Trinajstić information content (AvgIpc) is 3.40. The lowest BCUT2D eigenvalue weighted by Crippen LogP contribution is -2.29. The molecule has 0 radical (unpaired) electrons. The number of nitrogens with one attached hydrogen (secondary N) is 1. The molecule has 0 bridgehead atoms. The van der Waals surface area contributed by atoms with Gasteiger partial charge in [-0.1, -0.05) is 18.2 Å². The van der Waals surface area contributed by atoms with E-state index >= 15 is 0 Å². The fourth-order valence-corrected chi connectivity index (χ4v) is 5.99. The molecule has 2 atom stereocenters. The predicted molar refractivity (Wildman–Crippen MR) is 122 cm³/mol. The van der Waals surface area contributed by atoms with Crippen LogP contribution < -0.4 is 9.62 Å². The van der Waals surface area contributed by atoms with E-state index in [0.717, 1.165) is 16.3 Å². The average molecular weight is 461 g/mol. The molecule has 10 heteroatoms. The number of carbonyl (C=O) groups excluding carboxylic acids is 1. The van der Waals surface area contributed by atoms with E-state index in [0.29, 0.717) is 31.7 Å². The fraction of sp³-hybridized carbons (Fsp3) is 0.381. The lowest BCUT2D eigenvalue weighted by atomic mass is 10.1. The molecule has 0 spiro atoms. The zero-order chi connectivity index (χ0) is 22.0. The van der Waals surface area contributed by atoms with Gasteiger partial charge in [0.25, 0.3) is 10.0 Å². The minimum Gasteiger partial charge on any atom is -0.466 e. The quantitative estimate of drug-likeness (QED) is 0.634. The van der Waals surface area contributed by atoms with Gasteiger partial charge in [0.1, 0.15) is 0 Å². The summed E-state index contributed by atoms with van der Waals surface area (Å²) in [5, 5.41) is 4.47. The van der Waals surface area contributed by atoms with Crippen LogP contribution in [0.5, 0.6) is 0 Å². The first kappa shape index (κ1) is 21.6. The monoisotopic (exact) mass is 460 g/mol. The number of thioether (sulfide) groups is 1. The van der Waals surface area contributed by atoms with Gasteiger partial charge in [-0.15, -0.1) is 11.8 Å². The zero-order valence-corrected chi connectivity index (χ0v) is 18.9. The number of ether oxygens (including phenoxy) is 1. The van der Waals surface area contributed by atoms with Gasteiger partial charge in [-0.05, 0) is 30.7 Å². The Bertz CT molecular complexity index is 1110. The molecule has 164 valence electrons. The smallest absolute Gasteiger partial charge is 0.306 e. The third-order valence-corrected chi connectivity index (χ3v) is 8.20. The SMILES string of the molecule is CCOC(=O)CC1CN=C(C2Cc3cccc(N(C)S(=O)(=O)c4ccccn4)c3N2)S1. The Kier molecular flexibility index (Phi) is 6.19. The van der Waals surface area contributed by atoms with Gasteiger partial charge in [-0.25, -0.2) is 4.98 Å². The molecule has 4 rings (SSSR count). The molecule has 0 aliphatic carbocycles. The van der Waals surface area contributed by atoms with Crippen molar-refractivity contribution in [3.63, 3.8) is 0 Å². The molecule has 0 saturated heterocycles. The highest BCUT2D eigenvalue weighted by Gasteiger charge is 2.34. The summed E-state index contributed by atoms with van der Waals surface area (Å²) >= 11 is 1.59. The van der Waals surface area contributed by atoms with Crippen molar-refractivity contribution in [2.75, 3.05) is 29.8 Å². The number of anilines is 2. The highest BCUT2D eigenvalue weighted by atomic mass is 32.2. The van der Waals surface area contributed by atoms with E-state index in [4.69, 9.17) is 4.74 Å². The maximum atomic E-state index is 13.0. The Labute approximate surface area is 186 Å². The van der Waals surface area contributed by atoms with Crippen LogP contribution in [-0.2, 0) is 26.0 Å². The molecular formula is C21H24N4O4S2. The summed E-state index contributed by atoms with van der Waals surface area (Å²) in [5.74, 6) is -0.206. The molecular weight excluding hydrogens is 436 g/mol. The number of hydrogen-bond acceptors (Lipinski definition) is 8. The van der Waals surface area contributed by atoms with Gasteiger partial charge in [0.15, 0.2) is 5.03 Å². The third-order valence-electron chi connectivity index (χ3n) is 5.21. The van der Waals surface area contributed by atoms with Crippen LogP contribution in [-0.4, -0.2) is 55.9 Å². The molecule has 2 aromatic rings. The van der Waals surface area contributed by atoms with Crippen molar-refractivity contribution in [1.82, 2.24) is 4.98 Å². The predicted octanol–water partition coefficient (Wildman–Crippen LogP) is 2.71. The third kappa shape index (κ3) is 4.40. The summed E-state index contributed by atoms with van der Waals surface area (Å²) in [5.41, 5.74) is 2.38. The van der Waals surface area contributed by atoms with Crippen molar-refractivity contribution in [2.24, 2.45) is 4.99 Å². The van der Waals surface area contributed by atoms with E-state index in [1.165, 1.54) is 23.6 Å². The van der Waals surface area contributed by atoms with Gasteiger partial charge >= 0.3 is 5.97 Å². The molecule has 1 N–H and O–H groups in total. The van der Waals surface area contributed by atoms with Crippen molar-refractivity contribution < 1.29 is 17.9 Å². The number of nitrogens with zero attached hydrogens (tertiary/aromatic N) is 3. The fourth-order valence-electron chi connectivity index (χ4n) is 3.69. The molecule has 31 heavy (non-hydrogen) atoms. The van der Waals surface area contributed by atoms with Crippen LogP contribution in [0.3, 0.4) is 0 Å². The summed E-state index contributed by atoms with van der Waals surface area (Å²) in [6.07, 6.45) is 2.51. The number of aliphatic imine (C=N–C) groups is 1. The van der Waals surface area contributed by atoms with Gasteiger partial charge < -0.3 is 10.1 Å². The molecule has 1 aromatic carbocycles. The Morgan fingerprint density at radius 1 is 1.29 bits per heavy atom. The van der Waals surface area contributed by atoms with Crippen LogP contribution in [0, 0.1) is 0 Å². The molecule has 1 aromatic heterocycles. The first-order valence-electron chi connectivity index (χ1n) is 10.0. The minimum absolute atomic E-state index is 0.00202. The number of rotatable bonds is 7. The molecule has 8 nitrogen and oxygen atoms in total. The highest BCUT2D eigenvalue weighted by molar-refractivity contribution is 8.15. The van der Waals surface area contributed by atoms with E-state index < -0.39 is 10.0 Å². The van der Waals surface area contributed by atoms with E-state index in [2.05, 4.69) is 15.3 Å². The maximum Gasteiger partial charge on any atom is 0.306 e.